The number of nitrogens with zero attached hydrogens (tertiary/aromatic N) is 1. The van der Waals surface area contributed by atoms with Crippen LogP contribution in [0.4, 0.5) is 18.0 Å². The minimum atomic E-state index is -4.40. The molecule has 2 aromatic rings. The van der Waals surface area contributed by atoms with E-state index >= 15 is 0 Å². The Morgan fingerprint density at radius 2 is 2.00 bits per heavy atom. The van der Waals surface area contributed by atoms with Crippen molar-refractivity contribution in [1.82, 2.24) is 15.6 Å². The van der Waals surface area contributed by atoms with Gasteiger partial charge >= 0.3 is 12.2 Å². The topological polar surface area (TPSA) is 63.2 Å². The first-order valence-electron chi connectivity index (χ1n) is 8.67. The van der Waals surface area contributed by atoms with E-state index in [1.165, 1.54) is 6.07 Å². The van der Waals surface area contributed by atoms with Crippen LogP contribution in [-0.4, -0.2) is 23.2 Å². The van der Waals surface area contributed by atoms with Crippen LogP contribution in [0.2, 0.25) is 0 Å². The standard InChI is InChI=1S/C18H20F3N3O2S/c19-18(20,21)12-3-8-16(22-10-12)26-14-6-4-13(5-7-14)24-17(25)23-11-15-2-1-9-27-15/h1-3,8-10,13-14H,4-7,11H2,(H2,23,24,25). The highest BCUT2D eigenvalue weighted by Gasteiger charge is 2.31. The molecule has 1 saturated carbocycles. The predicted molar refractivity (Wildman–Crippen MR) is 95.6 cm³/mol. The number of hydrogen-bond acceptors (Lipinski definition) is 4. The summed E-state index contributed by atoms with van der Waals surface area (Å²) in [5.41, 5.74) is -0.795. The molecule has 0 aliphatic heterocycles. The lowest BCUT2D eigenvalue weighted by Gasteiger charge is -2.29. The summed E-state index contributed by atoms with van der Waals surface area (Å²) < 4.78 is 43.3. The quantitative estimate of drug-likeness (QED) is 0.786. The van der Waals surface area contributed by atoms with Crippen LogP contribution in [-0.2, 0) is 12.7 Å². The fraction of sp³-hybridized carbons (Fsp3) is 0.444. The molecule has 9 heteroatoms. The van der Waals surface area contributed by atoms with Gasteiger partial charge in [0.05, 0.1) is 12.1 Å². The van der Waals surface area contributed by atoms with E-state index < -0.39 is 11.7 Å². The Labute approximate surface area is 158 Å². The first-order valence-corrected chi connectivity index (χ1v) is 9.55. The molecule has 1 aliphatic rings. The van der Waals surface area contributed by atoms with Crippen molar-refractivity contribution in [3.8, 4) is 5.88 Å². The van der Waals surface area contributed by atoms with E-state index in [0.717, 1.165) is 30.0 Å². The van der Waals surface area contributed by atoms with Crippen LogP contribution in [0.25, 0.3) is 0 Å². The van der Waals surface area contributed by atoms with Crippen LogP contribution in [0.5, 0.6) is 5.88 Å². The minimum Gasteiger partial charge on any atom is -0.474 e. The Balaban J connectivity index is 1.39. The number of pyridine rings is 1. The number of urea groups is 1. The summed E-state index contributed by atoms with van der Waals surface area (Å²) in [6.45, 7) is 0.502. The zero-order chi connectivity index (χ0) is 19.3. The Bertz CT molecular complexity index is 727. The molecule has 146 valence electrons. The van der Waals surface area contributed by atoms with E-state index in [0.29, 0.717) is 19.4 Å². The number of amides is 2. The van der Waals surface area contributed by atoms with Crippen LogP contribution < -0.4 is 15.4 Å². The summed E-state index contributed by atoms with van der Waals surface area (Å²) >= 11 is 1.59. The number of halogens is 3. The third-order valence-electron chi connectivity index (χ3n) is 4.36. The van der Waals surface area contributed by atoms with Gasteiger partial charge in [0, 0.05) is 23.2 Å². The molecular formula is C18H20F3N3O2S. The van der Waals surface area contributed by atoms with Gasteiger partial charge < -0.3 is 15.4 Å². The Kier molecular flexibility index (Phi) is 6.20. The second-order valence-electron chi connectivity index (χ2n) is 6.38. The predicted octanol–water partition coefficient (Wildman–Crippen LogP) is 4.35. The van der Waals surface area contributed by atoms with E-state index in [1.54, 1.807) is 11.3 Å². The molecule has 2 aromatic heterocycles. The zero-order valence-corrected chi connectivity index (χ0v) is 15.3. The molecule has 1 fully saturated rings. The van der Waals surface area contributed by atoms with E-state index in [9.17, 15) is 18.0 Å². The maximum absolute atomic E-state index is 12.5. The Morgan fingerprint density at radius 1 is 1.22 bits per heavy atom. The van der Waals surface area contributed by atoms with Crippen molar-refractivity contribution in [2.75, 3.05) is 0 Å². The molecule has 0 aromatic carbocycles. The second kappa shape index (κ2) is 8.60. The van der Waals surface area contributed by atoms with Crippen LogP contribution in [0.3, 0.4) is 0 Å². The van der Waals surface area contributed by atoms with Crippen LogP contribution in [0.1, 0.15) is 36.1 Å². The third-order valence-corrected chi connectivity index (χ3v) is 5.24. The lowest BCUT2D eigenvalue weighted by atomic mass is 9.93. The maximum Gasteiger partial charge on any atom is 0.417 e. The summed E-state index contributed by atoms with van der Waals surface area (Å²) in [5, 5.41) is 7.74. The van der Waals surface area contributed by atoms with Crippen molar-refractivity contribution in [3.05, 3.63) is 46.3 Å². The second-order valence-corrected chi connectivity index (χ2v) is 7.41. The molecule has 0 unspecified atom stereocenters. The average molecular weight is 399 g/mol. The minimum absolute atomic E-state index is 0.0637. The average Bonchev–Trinajstić information content (AvgIpc) is 3.15. The van der Waals surface area contributed by atoms with Gasteiger partial charge in [-0.2, -0.15) is 13.2 Å². The lowest BCUT2D eigenvalue weighted by molar-refractivity contribution is -0.137. The van der Waals surface area contributed by atoms with Crippen molar-refractivity contribution < 1.29 is 22.7 Å². The van der Waals surface area contributed by atoms with E-state index in [2.05, 4.69) is 15.6 Å². The number of alkyl halides is 3. The number of aromatic nitrogens is 1. The molecule has 27 heavy (non-hydrogen) atoms. The smallest absolute Gasteiger partial charge is 0.417 e. The number of ether oxygens (including phenoxy) is 1. The summed E-state index contributed by atoms with van der Waals surface area (Å²) in [6.07, 6.45) is -0.826. The number of rotatable bonds is 5. The largest absolute Gasteiger partial charge is 0.474 e. The molecule has 2 amide bonds. The zero-order valence-electron chi connectivity index (χ0n) is 14.5. The molecule has 3 rings (SSSR count). The van der Waals surface area contributed by atoms with Gasteiger partial charge in [-0.1, -0.05) is 6.07 Å². The molecule has 0 spiro atoms. The number of carbonyl (C=O) groups is 1. The number of nitrogens with one attached hydrogen (secondary N) is 2. The van der Waals surface area contributed by atoms with Crippen molar-refractivity contribution in [3.63, 3.8) is 0 Å². The van der Waals surface area contributed by atoms with Crippen LogP contribution in [0.15, 0.2) is 35.8 Å². The highest BCUT2D eigenvalue weighted by atomic mass is 32.1. The van der Waals surface area contributed by atoms with Crippen molar-refractivity contribution >= 4 is 17.4 Å². The molecule has 0 bridgehead atoms. The summed E-state index contributed by atoms with van der Waals surface area (Å²) in [6, 6.07) is 5.97. The van der Waals surface area contributed by atoms with Crippen molar-refractivity contribution in [2.45, 2.75) is 50.6 Å². The normalized spacial score (nSPS) is 20.1. The van der Waals surface area contributed by atoms with Gasteiger partial charge in [-0.3, -0.25) is 0 Å². The van der Waals surface area contributed by atoms with E-state index in [-0.39, 0.29) is 24.1 Å². The summed E-state index contributed by atoms with van der Waals surface area (Å²) in [7, 11) is 0. The Morgan fingerprint density at radius 3 is 2.59 bits per heavy atom. The van der Waals surface area contributed by atoms with Crippen LogP contribution >= 0.6 is 11.3 Å². The van der Waals surface area contributed by atoms with Gasteiger partial charge in [0.2, 0.25) is 5.88 Å². The molecule has 2 N–H and O–H groups in total. The molecular weight excluding hydrogens is 379 g/mol. The number of thiophene rings is 1. The molecule has 0 atom stereocenters. The molecule has 0 radical (unpaired) electrons. The van der Waals surface area contributed by atoms with E-state index in [1.807, 2.05) is 17.5 Å². The van der Waals surface area contributed by atoms with Crippen molar-refractivity contribution in [1.29, 1.82) is 0 Å². The first-order chi connectivity index (χ1) is 12.9. The SMILES string of the molecule is O=C(NCc1cccs1)NC1CCC(Oc2ccc(C(F)(F)F)cn2)CC1. The van der Waals surface area contributed by atoms with Gasteiger partial charge in [0.1, 0.15) is 6.10 Å². The highest BCUT2D eigenvalue weighted by molar-refractivity contribution is 7.09. The molecule has 0 saturated heterocycles. The van der Waals surface area contributed by atoms with Gasteiger partial charge in [-0.05, 0) is 43.2 Å². The highest BCUT2D eigenvalue weighted by Crippen LogP contribution is 2.30. The summed E-state index contributed by atoms with van der Waals surface area (Å²) in [5.74, 6) is 0.188. The molecule has 5 nitrogen and oxygen atoms in total. The third kappa shape index (κ3) is 5.85. The van der Waals surface area contributed by atoms with Gasteiger partial charge in [-0.25, -0.2) is 9.78 Å². The fourth-order valence-electron chi connectivity index (χ4n) is 2.93. The van der Waals surface area contributed by atoms with Crippen molar-refractivity contribution in [2.24, 2.45) is 0 Å². The van der Waals surface area contributed by atoms with Crippen LogP contribution in [0, 0.1) is 0 Å². The monoisotopic (exact) mass is 399 g/mol. The number of carbonyl (C=O) groups excluding carboxylic acids is 1. The number of hydrogen-bond donors (Lipinski definition) is 2. The molecule has 1 aliphatic carbocycles. The first kappa shape index (κ1) is 19.5. The Hall–Kier alpha value is -2.29. The lowest BCUT2D eigenvalue weighted by Crippen LogP contribution is -2.44. The maximum atomic E-state index is 12.5. The van der Waals surface area contributed by atoms with Gasteiger partial charge in [-0.15, -0.1) is 11.3 Å². The van der Waals surface area contributed by atoms with Gasteiger partial charge in [0.15, 0.2) is 0 Å². The fourth-order valence-corrected chi connectivity index (χ4v) is 3.58. The summed E-state index contributed by atoms with van der Waals surface area (Å²) in [4.78, 5) is 16.8. The van der Waals surface area contributed by atoms with Gasteiger partial charge in [0.25, 0.3) is 0 Å². The van der Waals surface area contributed by atoms with E-state index in [4.69, 9.17) is 4.74 Å². The molecule has 2 heterocycles.